The van der Waals surface area contributed by atoms with E-state index < -0.39 is 0 Å². The second-order valence-electron chi connectivity index (χ2n) is 4.96. The molecule has 1 fully saturated rings. The Morgan fingerprint density at radius 3 is 2.83 bits per heavy atom. The summed E-state index contributed by atoms with van der Waals surface area (Å²) in [6, 6.07) is 8.68. The van der Waals surface area contributed by atoms with Gasteiger partial charge in [0, 0.05) is 12.6 Å². The van der Waals surface area contributed by atoms with Crippen LogP contribution in [0.3, 0.4) is 0 Å². The van der Waals surface area contributed by atoms with Crippen LogP contribution >= 0.6 is 0 Å². The van der Waals surface area contributed by atoms with E-state index in [-0.39, 0.29) is 6.09 Å². The first-order valence-corrected chi connectivity index (χ1v) is 6.69. The SMILES string of the molecule is CCCOC(=O)N(Cc1cccc(C)c1)C1CC1. The zero-order valence-electron chi connectivity index (χ0n) is 11.2. The number of carbonyl (C=O) groups is 1. The normalized spacial score (nSPS) is 14.3. The minimum atomic E-state index is -0.166. The number of carbonyl (C=O) groups excluding carboxylic acids is 1. The third kappa shape index (κ3) is 3.49. The molecule has 3 nitrogen and oxygen atoms in total. The van der Waals surface area contributed by atoms with E-state index in [1.165, 1.54) is 11.1 Å². The minimum absolute atomic E-state index is 0.166. The third-order valence-electron chi connectivity index (χ3n) is 3.09. The highest BCUT2D eigenvalue weighted by Crippen LogP contribution is 2.29. The average molecular weight is 247 g/mol. The van der Waals surface area contributed by atoms with E-state index in [1.807, 2.05) is 17.9 Å². The first-order chi connectivity index (χ1) is 8.70. The lowest BCUT2D eigenvalue weighted by atomic mass is 10.1. The first-order valence-electron chi connectivity index (χ1n) is 6.69. The van der Waals surface area contributed by atoms with Gasteiger partial charge in [-0.3, -0.25) is 0 Å². The van der Waals surface area contributed by atoms with Crippen molar-refractivity contribution in [2.75, 3.05) is 6.61 Å². The molecule has 1 aliphatic carbocycles. The molecular weight excluding hydrogens is 226 g/mol. The Bertz CT molecular complexity index is 413. The molecule has 3 heteroatoms. The van der Waals surface area contributed by atoms with E-state index >= 15 is 0 Å². The number of hydrogen-bond donors (Lipinski definition) is 0. The number of aryl methyl sites for hydroxylation is 1. The molecule has 2 rings (SSSR count). The van der Waals surface area contributed by atoms with Gasteiger partial charge in [-0.25, -0.2) is 4.79 Å². The number of benzene rings is 1. The van der Waals surface area contributed by atoms with Crippen LogP contribution in [-0.2, 0) is 11.3 Å². The largest absolute Gasteiger partial charge is 0.449 e. The lowest BCUT2D eigenvalue weighted by Gasteiger charge is -2.22. The maximum atomic E-state index is 12.0. The molecule has 0 aliphatic heterocycles. The summed E-state index contributed by atoms with van der Waals surface area (Å²) in [5.74, 6) is 0. The smallest absolute Gasteiger partial charge is 0.410 e. The van der Waals surface area contributed by atoms with E-state index in [2.05, 4.69) is 25.1 Å². The van der Waals surface area contributed by atoms with Crippen LogP contribution in [0.5, 0.6) is 0 Å². The second-order valence-corrected chi connectivity index (χ2v) is 4.96. The van der Waals surface area contributed by atoms with Crippen molar-refractivity contribution in [3.63, 3.8) is 0 Å². The predicted molar refractivity (Wildman–Crippen MR) is 71.4 cm³/mol. The minimum Gasteiger partial charge on any atom is -0.449 e. The molecule has 0 bridgehead atoms. The van der Waals surface area contributed by atoms with Gasteiger partial charge in [0.05, 0.1) is 6.61 Å². The van der Waals surface area contributed by atoms with Crippen molar-refractivity contribution in [1.29, 1.82) is 0 Å². The van der Waals surface area contributed by atoms with Gasteiger partial charge in [-0.15, -0.1) is 0 Å². The average Bonchev–Trinajstić information content (AvgIpc) is 3.17. The Balaban J connectivity index is 2.00. The highest BCUT2D eigenvalue weighted by molar-refractivity contribution is 5.68. The molecule has 0 aromatic heterocycles. The maximum absolute atomic E-state index is 12.0. The summed E-state index contributed by atoms with van der Waals surface area (Å²) in [4.78, 5) is 13.8. The Labute approximate surface area is 109 Å². The molecule has 0 heterocycles. The molecule has 0 atom stereocenters. The van der Waals surface area contributed by atoms with Crippen LogP contribution in [0.1, 0.15) is 37.3 Å². The van der Waals surface area contributed by atoms with Crippen molar-refractivity contribution < 1.29 is 9.53 Å². The highest BCUT2D eigenvalue weighted by atomic mass is 16.6. The van der Waals surface area contributed by atoms with Gasteiger partial charge in [0.2, 0.25) is 0 Å². The number of nitrogens with zero attached hydrogens (tertiary/aromatic N) is 1. The van der Waals surface area contributed by atoms with Crippen LogP contribution in [0.4, 0.5) is 4.79 Å². The zero-order valence-corrected chi connectivity index (χ0v) is 11.2. The van der Waals surface area contributed by atoms with Crippen LogP contribution in [0.2, 0.25) is 0 Å². The Hall–Kier alpha value is -1.51. The van der Waals surface area contributed by atoms with Gasteiger partial charge in [0.1, 0.15) is 0 Å². The number of rotatable bonds is 5. The molecule has 1 aromatic rings. The molecular formula is C15H21NO2. The van der Waals surface area contributed by atoms with Crippen molar-refractivity contribution in [3.05, 3.63) is 35.4 Å². The predicted octanol–water partition coefficient (Wildman–Crippen LogP) is 3.51. The van der Waals surface area contributed by atoms with Crippen molar-refractivity contribution in [3.8, 4) is 0 Å². The van der Waals surface area contributed by atoms with E-state index in [1.54, 1.807) is 0 Å². The summed E-state index contributed by atoms with van der Waals surface area (Å²) in [5, 5.41) is 0. The molecule has 18 heavy (non-hydrogen) atoms. The van der Waals surface area contributed by atoms with E-state index in [0.29, 0.717) is 19.2 Å². The summed E-state index contributed by atoms with van der Waals surface area (Å²) >= 11 is 0. The lowest BCUT2D eigenvalue weighted by Crippen LogP contribution is -2.33. The quantitative estimate of drug-likeness (QED) is 0.797. The molecule has 1 saturated carbocycles. The molecule has 0 saturated heterocycles. The fourth-order valence-corrected chi connectivity index (χ4v) is 2.01. The second kappa shape index (κ2) is 5.89. The first kappa shape index (κ1) is 12.9. The van der Waals surface area contributed by atoms with Crippen LogP contribution in [0.25, 0.3) is 0 Å². The van der Waals surface area contributed by atoms with Gasteiger partial charge in [0.15, 0.2) is 0 Å². The summed E-state index contributed by atoms with van der Waals surface area (Å²) < 4.78 is 5.24. The fraction of sp³-hybridized carbons (Fsp3) is 0.533. The monoisotopic (exact) mass is 247 g/mol. The van der Waals surface area contributed by atoms with E-state index in [9.17, 15) is 4.79 Å². The van der Waals surface area contributed by atoms with Crippen molar-refractivity contribution >= 4 is 6.09 Å². The number of ether oxygens (including phenoxy) is 1. The molecule has 0 unspecified atom stereocenters. The van der Waals surface area contributed by atoms with Gasteiger partial charge in [-0.05, 0) is 31.7 Å². The standard InChI is InChI=1S/C15H21NO2/c1-3-9-18-15(17)16(14-7-8-14)11-13-6-4-5-12(2)10-13/h4-6,10,14H,3,7-9,11H2,1-2H3. The summed E-state index contributed by atoms with van der Waals surface area (Å²) in [5.41, 5.74) is 2.40. The van der Waals surface area contributed by atoms with Crippen molar-refractivity contribution in [2.45, 2.75) is 45.7 Å². The molecule has 1 aliphatic rings. The van der Waals surface area contributed by atoms with Crippen LogP contribution < -0.4 is 0 Å². The number of hydrogen-bond acceptors (Lipinski definition) is 2. The molecule has 1 aromatic carbocycles. The zero-order chi connectivity index (χ0) is 13.0. The van der Waals surface area contributed by atoms with Gasteiger partial charge in [0.25, 0.3) is 0 Å². The van der Waals surface area contributed by atoms with E-state index in [0.717, 1.165) is 19.3 Å². The van der Waals surface area contributed by atoms with E-state index in [4.69, 9.17) is 4.74 Å². The molecule has 1 amide bonds. The molecule has 0 N–H and O–H groups in total. The van der Waals surface area contributed by atoms with Crippen LogP contribution in [-0.4, -0.2) is 23.6 Å². The van der Waals surface area contributed by atoms with Crippen molar-refractivity contribution in [1.82, 2.24) is 4.90 Å². The van der Waals surface area contributed by atoms with Crippen molar-refractivity contribution in [2.24, 2.45) is 0 Å². The molecule has 98 valence electrons. The Kier molecular flexibility index (Phi) is 4.24. The topological polar surface area (TPSA) is 29.5 Å². The van der Waals surface area contributed by atoms with Crippen LogP contribution in [0.15, 0.2) is 24.3 Å². The summed E-state index contributed by atoms with van der Waals surface area (Å²) in [7, 11) is 0. The van der Waals surface area contributed by atoms with Gasteiger partial charge in [-0.1, -0.05) is 36.8 Å². The van der Waals surface area contributed by atoms with Gasteiger partial charge >= 0.3 is 6.09 Å². The highest BCUT2D eigenvalue weighted by Gasteiger charge is 2.33. The molecule has 0 spiro atoms. The van der Waals surface area contributed by atoms with Gasteiger partial charge in [-0.2, -0.15) is 0 Å². The number of amides is 1. The Morgan fingerprint density at radius 2 is 2.22 bits per heavy atom. The maximum Gasteiger partial charge on any atom is 0.410 e. The third-order valence-corrected chi connectivity index (χ3v) is 3.09. The van der Waals surface area contributed by atoms with Gasteiger partial charge < -0.3 is 9.64 Å². The molecule has 0 radical (unpaired) electrons. The Morgan fingerprint density at radius 1 is 1.44 bits per heavy atom. The summed E-state index contributed by atoms with van der Waals surface area (Å²) in [6.45, 7) is 5.25. The summed E-state index contributed by atoms with van der Waals surface area (Å²) in [6.07, 6.45) is 2.91. The fourth-order valence-electron chi connectivity index (χ4n) is 2.01. The van der Waals surface area contributed by atoms with Crippen LogP contribution in [0, 0.1) is 6.92 Å². The lowest BCUT2D eigenvalue weighted by molar-refractivity contribution is 0.0970.